The van der Waals surface area contributed by atoms with Crippen LogP contribution in [0.25, 0.3) is 0 Å². The van der Waals surface area contributed by atoms with Crippen LogP contribution in [0.5, 0.6) is 0 Å². The molecule has 6 nitrogen and oxygen atoms in total. The second kappa shape index (κ2) is 7.89. The minimum atomic E-state index is -0.391. The van der Waals surface area contributed by atoms with Crippen molar-refractivity contribution in [3.63, 3.8) is 0 Å². The van der Waals surface area contributed by atoms with Gasteiger partial charge in [-0.3, -0.25) is 19.3 Å². The number of carbonyl (C=O) groups is 3. The molecule has 2 aromatic carbocycles. The zero-order valence-electron chi connectivity index (χ0n) is 17.1. The van der Waals surface area contributed by atoms with E-state index in [1.54, 1.807) is 35.2 Å². The van der Waals surface area contributed by atoms with Gasteiger partial charge in [-0.05, 0) is 49.9 Å². The number of ether oxygens (including phenoxy) is 1. The summed E-state index contributed by atoms with van der Waals surface area (Å²) >= 11 is 0. The van der Waals surface area contributed by atoms with Crippen LogP contribution < -0.4 is 0 Å². The van der Waals surface area contributed by atoms with Gasteiger partial charge in [0.15, 0.2) is 0 Å². The van der Waals surface area contributed by atoms with Crippen LogP contribution in [0.3, 0.4) is 0 Å². The maximum Gasteiger partial charge on any atom is 0.261 e. The van der Waals surface area contributed by atoms with Gasteiger partial charge in [0.05, 0.1) is 23.8 Å². The highest BCUT2D eigenvalue weighted by atomic mass is 19.1. The predicted molar refractivity (Wildman–Crippen MR) is 110 cm³/mol. The molecule has 3 aliphatic rings. The molecule has 2 heterocycles. The Hall–Kier alpha value is -3.06. The van der Waals surface area contributed by atoms with Gasteiger partial charge in [0.25, 0.3) is 17.7 Å². The Morgan fingerprint density at radius 3 is 2.55 bits per heavy atom. The van der Waals surface area contributed by atoms with Crippen molar-refractivity contribution in [3.8, 4) is 0 Å². The van der Waals surface area contributed by atoms with E-state index in [2.05, 4.69) is 0 Å². The van der Waals surface area contributed by atoms with Crippen molar-refractivity contribution in [1.82, 2.24) is 9.80 Å². The average molecular weight is 422 g/mol. The monoisotopic (exact) mass is 422 g/mol. The summed E-state index contributed by atoms with van der Waals surface area (Å²) in [6.07, 6.45) is 3.36. The first kappa shape index (κ1) is 19.9. The molecule has 0 bridgehead atoms. The molecule has 0 radical (unpaired) electrons. The third kappa shape index (κ3) is 3.74. The fraction of sp³-hybridized carbons (Fsp3) is 0.375. The van der Waals surface area contributed by atoms with Gasteiger partial charge in [0.2, 0.25) is 0 Å². The number of nitrogens with zero attached hydrogens (tertiary/aromatic N) is 2. The van der Waals surface area contributed by atoms with Crippen LogP contribution in [0.4, 0.5) is 4.39 Å². The van der Waals surface area contributed by atoms with Crippen molar-refractivity contribution in [2.24, 2.45) is 0 Å². The maximum absolute atomic E-state index is 14.1. The fourth-order valence-electron chi connectivity index (χ4n) is 4.31. The lowest BCUT2D eigenvalue weighted by molar-refractivity contribution is 0.0475. The van der Waals surface area contributed by atoms with Crippen LogP contribution >= 0.6 is 0 Å². The zero-order chi connectivity index (χ0) is 21.5. The summed E-state index contributed by atoms with van der Waals surface area (Å²) in [6.45, 7) is 1.05. The molecule has 0 spiro atoms. The molecule has 1 saturated carbocycles. The SMILES string of the molecule is O=C1c2ccc(C(=O)N(Cc3ccccc3F)C3CC3)cc2C(=O)N1C[C@H]1CCCO1. The Morgan fingerprint density at radius 2 is 1.84 bits per heavy atom. The summed E-state index contributed by atoms with van der Waals surface area (Å²) < 4.78 is 19.7. The van der Waals surface area contributed by atoms with E-state index in [4.69, 9.17) is 4.74 Å². The molecule has 160 valence electrons. The van der Waals surface area contributed by atoms with Gasteiger partial charge in [-0.15, -0.1) is 0 Å². The first-order valence-corrected chi connectivity index (χ1v) is 10.7. The van der Waals surface area contributed by atoms with E-state index < -0.39 is 5.91 Å². The molecule has 5 rings (SSSR count). The number of hydrogen-bond acceptors (Lipinski definition) is 4. The Morgan fingerprint density at radius 1 is 1.06 bits per heavy atom. The summed E-state index contributed by atoms with van der Waals surface area (Å²) in [7, 11) is 0. The van der Waals surface area contributed by atoms with Crippen molar-refractivity contribution in [1.29, 1.82) is 0 Å². The molecule has 2 aliphatic heterocycles. The molecule has 1 aliphatic carbocycles. The van der Waals surface area contributed by atoms with E-state index in [1.807, 2.05) is 0 Å². The second-order valence-corrected chi connectivity index (χ2v) is 8.37. The minimum Gasteiger partial charge on any atom is -0.376 e. The van der Waals surface area contributed by atoms with Gasteiger partial charge in [0.1, 0.15) is 5.82 Å². The lowest BCUT2D eigenvalue weighted by Gasteiger charge is -2.23. The summed E-state index contributed by atoms with van der Waals surface area (Å²) in [5, 5.41) is 0. The van der Waals surface area contributed by atoms with Crippen LogP contribution in [-0.4, -0.2) is 52.8 Å². The summed E-state index contributed by atoms with van der Waals surface area (Å²) in [6, 6.07) is 11.1. The third-order valence-electron chi connectivity index (χ3n) is 6.17. The number of rotatable bonds is 6. The fourth-order valence-corrected chi connectivity index (χ4v) is 4.31. The average Bonchev–Trinajstić information content (AvgIpc) is 3.44. The first-order valence-electron chi connectivity index (χ1n) is 10.7. The topological polar surface area (TPSA) is 66.9 Å². The van der Waals surface area contributed by atoms with Crippen molar-refractivity contribution in [3.05, 3.63) is 70.5 Å². The Kier molecular flexibility index (Phi) is 5.06. The van der Waals surface area contributed by atoms with Crippen molar-refractivity contribution >= 4 is 17.7 Å². The number of fused-ring (bicyclic) bond motifs is 1. The van der Waals surface area contributed by atoms with Crippen LogP contribution in [-0.2, 0) is 11.3 Å². The zero-order valence-corrected chi connectivity index (χ0v) is 17.1. The van der Waals surface area contributed by atoms with Crippen molar-refractivity contribution < 1.29 is 23.5 Å². The highest BCUT2D eigenvalue weighted by Crippen LogP contribution is 2.32. The number of benzene rings is 2. The Balaban J connectivity index is 1.38. The predicted octanol–water partition coefficient (Wildman–Crippen LogP) is 3.41. The summed E-state index contributed by atoms with van der Waals surface area (Å²) in [5.74, 6) is -1.34. The van der Waals surface area contributed by atoms with E-state index >= 15 is 0 Å². The van der Waals surface area contributed by atoms with Crippen molar-refractivity contribution in [2.45, 2.75) is 44.4 Å². The Bertz CT molecular complexity index is 1060. The molecule has 2 aromatic rings. The highest BCUT2D eigenvalue weighted by molar-refractivity contribution is 6.22. The molecule has 2 fully saturated rings. The molecular weight excluding hydrogens is 399 g/mol. The van der Waals surface area contributed by atoms with Gasteiger partial charge in [-0.2, -0.15) is 0 Å². The third-order valence-corrected chi connectivity index (χ3v) is 6.17. The molecule has 0 N–H and O–H groups in total. The molecule has 31 heavy (non-hydrogen) atoms. The number of carbonyl (C=O) groups excluding carboxylic acids is 3. The maximum atomic E-state index is 14.1. The van der Waals surface area contributed by atoms with E-state index in [1.165, 1.54) is 17.0 Å². The van der Waals surface area contributed by atoms with Crippen LogP contribution in [0.1, 0.15) is 62.3 Å². The molecule has 0 aromatic heterocycles. The number of hydrogen-bond donors (Lipinski definition) is 0. The number of imide groups is 1. The lowest BCUT2D eigenvalue weighted by Crippen LogP contribution is -2.36. The second-order valence-electron chi connectivity index (χ2n) is 8.37. The van der Waals surface area contributed by atoms with E-state index in [9.17, 15) is 18.8 Å². The van der Waals surface area contributed by atoms with E-state index in [0.29, 0.717) is 23.3 Å². The summed E-state index contributed by atoms with van der Waals surface area (Å²) in [4.78, 5) is 41.8. The molecule has 0 unspecified atom stereocenters. The van der Waals surface area contributed by atoms with Gasteiger partial charge in [-0.25, -0.2) is 4.39 Å². The summed E-state index contributed by atoms with van der Waals surface area (Å²) in [5.41, 5.74) is 1.35. The smallest absolute Gasteiger partial charge is 0.261 e. The number of amides is 3. The van der Waals surface area contributed by atoms with Gasteiger partial charge < -0.3 is 9.64 Å². The standard InChI is InChI=1S/C24H23FN2O4/c25-21-6-2-1-4-16(21)13-26(17-8-9-17)22(28)15-7-10-19-20(12-15)24(30)27(23(19)29)14-18-5-3-11-31-18/h1-2,4,6-7,10,12,17-18H,3,5,8-9,11,13-14H2/t18-/m1/s1. The number of halogens is 1. The van der Waals surface area contributed by atoms with Gasteiger partial charge in [-0.1, -0.05) is 18.2 Å². The first-order chi connectivity index (χ1) is 15.0. The van der Waals surface area contributed by atoms with E-state index in [-0.39, 0.29) is 48.4 Å². The molecule has 7 heteroatoms. The minimum absolute atomic E-state index is 0.0636. The van der Waals surface area contributed by atoms with Crippen molar-refractivity contribution in [2.75, 3.05) is 13.2 Å². The van der Waals surface area contributed by atoms with Gasteiger partial charge >= 0.3 is 0 Å². The van der Waals surface area contributed by atoms with Gasteiger partial charge in [0, 0.05) is 30.3 Å². The van der Waals surface area contributed by atoms with Crippen LogP contribution in [0.15, 0.2) is 42.5 Å². The molecular formula is C24H23FN2O4. The molecule has 3 amide bonds. The van der Waals surface area contributed by atoms with Crippen LogP contribution in [0.2, 0.25) is 0 Å². The largest absolute Gasteiger partial charge is 0.376 e. The normalized spacial score (nSPS) is 20.3. The Labute approximate surface area is 179 Å². The molecule has 1 atom stereocenters. The quantitative estimate of drug-likeness (QED) is 0.670. The highest BCUT2D eigenvalue weighted by Gasteiger charge is 2.39. The van der Waals surface area contributed by atoms with E-state index in [0.717, 1.165) is 25.7 Å². The molecule has 1 saturated heterocycles. The lowest BCUT2D eigenvalue weighted by atomic mass is 10.0. The van der Waals surface area contributed by atoms with Crippen LogP contribution in [0, 0.1) is 5.82 Å².